The minimum Gasteiger partial charge on any atom is -0.376 e. The van der Waals surface area contributed by atoms with Gasteiger partial charge in [-0.3, -0.25) is 14.4 Å². The minimum atomic E-state index is -0.737. The summed E-state index contributed by atoms with van der Waals surface area (Å²) >= 11 is 0. The first-order chi connectivity index (χ1) is 9.99. The Bertz CT molecular complexity index is 571. The molecule has 1 aromatic rings. The number of hydrogen-bond acceptors (Lipinski definition) is 4. The predicted molar refractivity (Wildman–Crippen MR) is 79.0 cm³/mol. The van der Waals surface area contributed by atoms with E-state index in [0.29, 0.717) is 18.8 Å². The third-order valence-electron chi connectivity index (χ3n) is 3.15. The van der Waals surface area contributed by atoms with E-state index < -0.39 is 11.8 Å². The highest BCUT2D eigenvalue weighted by molar-refractivity contribution is 6.40. The van der Waals surface area contributed by atoms with Gasteiger partial charge in [0.25, 0.3) is 0 Å². The summed E-state index contributed by atoms with van der Waals surface area (Å²) in [6, 6.07) is 7.20. The first-order valence-corrected chi connectivity index (χ1v) is 6.62. The van der Waals surface area contributed by atoms with Gasteiger partial charge in [0.2, 0.25) is 5.91 Å². The summed E-state index contributed by atoms with van der Waals surface area (Å²) in [6.07, 6.45) is 0. The number of carbonyl (C=O) groups is 3. The number of amides is 3. The highest BCUT2D eigenvalue weighted by Crippen LogP contribution is 2.23. The van der Waals surface area contributed by atoms with Crippen LogP contribution in [0.4, 0.5) is 11.4 Å². The molecule has 0 aromatic heterocycles. The number of carbonyl (C=O) groups excluding carboxylic acids is 3. The topological polar surface area (TPSA) is 81.8 Å². The van der Waals surface area contributed by atoms with Gasteiger partial charge in [-0.2, -0.15) is 0 Å². The Kier molecular flexibility index (Phi) is 4.42. The highest BCUT2D eigenvalue weighted by atomic mass is 16.2. The van der Waals surface area contributed by atoms with Gasteiger partial charge in [0.15, 0.2) is 0 Å². The average molecular weight is 290 g/mol. The second-order valence-corrected chi connectivity index (χ2v) is 4.94. The molecule has 7 nitrogen and oxygen atoms in total. The number of rotatable bonds is 2. The van der Waals surface area contributed by atoms with Crippen molar-refractivity contribution in [2.24, 2.45) is 0 Å². The van der Waals surface area contributed by atoms with Crippen molar-refractivity contribution in [2.45, 2.75) is 0 Å². The maximum atomic E-state index is 12.0. The van der Waals surface area contributed by atoms with Crippen LogP contribution < -0.4 is 15.5 Å². The number of benzene rings is 1. The van der Waals surface area contributed by atoms with Gasteiger partial charge in [-0.1, -0.05) is 12.1 Å². The predicted octanol–water partition coefficient (Wildman–Crippen LogP) is -0.350. The molecule has 21 heavy (non-hydrogen) atoms. The number of piperazine rings is 1. The molecule has 7 heteroatoms. The molecule has 1 saturated heterocycles. The lowest BCUT2D eigenvalue weighted by molar-refractivity contribution is -0.145. The molecule has 1 aliphatic rings. The largest absolute Gasteiger partial charge is 0.376 e. The first-order valence-electron chi connectivity index (χ1n) is 6.62. The zero-order chi connectivity index (χ0) is 15.4. The van der Waals surface area contributed by atoms with Gasteiger partial charge in [0, 0.05) is 27.2 Å². The van der Waals surface area contributed by atoms with E-state index in [1.54, 1.807) is 12.1 Å². The zero-order valence-corrected chi connectivity index (χ0v) is 12.0. The van der Waals surface area contributed by atoms with Crippen molar-refractivity contribution in [1.29, 1.82) is 0 Å². The van der Waals surface area contributed by atoms with E-state index in [9.17, 15) is 14.4 Å². The van der Waals surface area contributed by atoms with Gasteiger partial charge in [0.1, 0.15) is 6.54 Å². The van der Waals surface area contributed by atoms with Gasteiger partial charge >= 0.3 is 11.8 Å². The Balaban J connectivity index is 2.07. The summed E-state index contributed by atoms with van der Waals surface area (Å²) in [5, 5.41) is 5.21. The number of nitrogens with one attached hydrogen (secondary N) is 2. The standard InChI is InChI=1S/C14H18N4O3/c1-17(2)11-6-4-3-5-10(11)16-13(20)14(21)18-8-7-15-12(19)9-18/h3-6H,7-9H2,1-2H3,(H,15,19)(H,16,20). The van der Waals surface area contributed by atoms with Crippen LogP contribution in [0.2, 0.25) is 0 Å². The molecule has 3 amide bonds. The Labute approximate surface area is 122 Å². The number of nitrogens with zero attached hydrogens (tertiary/aromatic N) is 2. The van der Waals surface area contributed by atoms with E-state index in [0.717, 1.165) is 5.69 Å². The van der Waals surface area contributed by atoms with Gasteiger partial charge in [-0.05, 0) is 12.1 Å². The van der Waals surface area contributed by atoms with Crippen LogP contribution in [0.15, 0.2) is 24.3 Å². The van der Waals surface area contributed by atoms with Crippen LogP contribution in [-0.4, -0.2) is 56.4 Å². The lowest BCUT2D eigenvalue weighted by Crippen LogP contribution is -2.52. The van der Waals surface area contributed by atoms with Crippen LogP contribution in [-0.2, 0) is 14.4 Å². The monoisotopic (exact) mass is 290 g/mol. The summed E-state index contributed by atoms with van der Waals surface area (Å²) < 4.78 is 0. The molecule has 1 aliphatic heterocycles. The molecule has 0 radical (unpaired) electrons. The maximum Gasteiger partial charge on any atom is 0.313 e. The van der Waals surface area contributed by atoms with E-state index >= 15 is 0 Å². The molecule has 1 heterocycles. The molecular formula is C14H18N4O3. The average Bonchev–Trinajstić information content (AvgIpc) is 2.46. The van der Waals surface area contributed by atoms with Gasteiger partial charge in [0.05, 0.1) is 11.4 Å². The quantitative estimate of drug-likeness (QED) is 0.730. The maximum absolute atomic E-state index is 12.0. The summed E-state index contributed by atoms with van der Waals surface area (Å²) in [7, 11) is 3.70. The molecular weight excluding hydrogens is 272 g/mol. The van der Waals surface area contributed by atoms with Gasteiger partial charge in [-0.15, -0.1) is 0 Å². The number of anilines is 2. The lowest BCUT2D eigenvalue weighted by atomic mass is 10.2. The van der Waals surface area contributed by atoms with Crippen molar-refractivity contribution in [2.75, 3.05) is 43.9 Å². The molecule has 0 saturated carbocycles. The molecule has 0 bridgehead atoms. The second kappa shape index (κ2) is 6.25. The molecule has 2 N–H and O–H groups in total. The molecule has 1 aromatic carbocycles. The van der Waals surface area contributed by atoms with Crippen molar-refractivity contribution in [3.05, 3.63) is 24.3 Å². The first kappa shape index (κ1) is 14.8. The van der Waals surface area contributed by atoms with Crippen LogP contribution in [0.25, 0.3) is 0 Å². The third kappa shape index (κ3) is 3.50. The normalized spacial score (nSPS) is 14.4. The molecule has 112 valence electrons. The minimum absolute atomic E-state index is 0.0818. The molecule has 0 spiro atoms. The molecule has 2 rings (SSSR count). The smallest absolute Gasteiger partial charge is 0.313 e. The Morgan fingerprint density at radius 1 is 1.29 bits per heavy atom. The van der Waals surface area contributed by atoms with E-state index in [-0.39, 0.29) is 12.5 Å². The summed E-state index contributed by atoms with van der Waals surface area (Å²) in [4.78, 5) is 38.4. The molecule has 1 fully saturated rings. The summed E-state index contributed by atoms with van der Waals surface area (Å²) in [6.45, 7) is 0.626. The fourth-order valence-electron chi connectivity index (χ4n) is 2.10. The van der Waals surface area contributed by atoms with Crippen molar-refractivity contribution >= 4 is 29.1 Å². The van der Waals surface area contributed by atoms with Crippen LogP contribution in [0.3, 0.4) is 0 Å². The summed E-state index contributed by atoms with van der Waals surface area (Å²) in [5.74, 6) is -1.69. The molecule has 0 atom stereocenters. The van der Waals surface area contributed by atoms with Gasteiger partial charge in [-0.25, -0.2) is 0 Å². The van der Waals surface area contributed by atoms with Crippen molar-refractivity contribution in [3.63, 3.8) is 0 Å². The Hall–Kier alpha value is -2.57. The van der Waals surface area contributed by atoms with E-state index in [1.807, 2.05) is 31.1 Å². The molecule has 0 aliphatic carbocycles. The Morgan fingerprint density at radius 3 is 2.67 bits per heavy atom. The number of para-hydroxylation sites is 2. The Morgan fingerprint density at radius 2 is 2.00 bits per heavy atom. The van der Waals surface area contributed by atoms with Crippen molar-refractivity contribution in [3.8, 4) is 0 Å². The van der Waals surface area contributed by atoms with Gasteiger partial charge < -0.3 is 20.4 Å². The van der Waals surface area contributed by atoms with Crippen LogP contribution in [0.5, 0.6) is 0 Å². The molecule has 0 unspecified atom stereocenters. The van der Waals surface area contributed by atoms with Crippen molar-refractivity contribution < 1.29 is 14.4 Å². The lowest BCUT2D eigenvalue weighted by Gasteiger charge is -2.26. The third-order valence-corrected chi connectivity index (χ3v) is 3.15. The summed E-state index contributed by atoms with van der Waals surface area (Å²) in [5.41, 5.74) is 1.36. The zero-order valence-electron chi connectivity index (χ0n) is 12.0. The highest BCUT2D eigenvalue weighted by Gasteiger charge is 2.26. The fourth-order valence-corrected chi connectivity index (χ4v) is 2.10. The van der Waals surface area contributed by atoms with E-state index in [1.165, 1.54) is 4.90 Å². The SMILES string of the molecule is CN(C)c1ccccc1NC(=O)C(=O)N1CCNC(=O)C1. The fraction of sp³-hybridized carbons (Fsp3) is 0.357. The number of hydrogen-bond donors (Lipinski definition) is 2. The van der Waals surface area contributed by atoms with Crippen molar-refractivity contribution in [1.82, 2.24) is 10.2 Å². The van der Waals surface area contributed by atoms with E-state index in [2.05, 4.69) is 10.6 Å². The van der Waals surface area contributed by atoms with Crippen LogP contribution in [0, 0.1) is 0 Å². The second-order valence-electron chi connectivity index (χ2n) is 4.94. The van der Waals surface area contributed by atoms with E-state index in [4.69, 9.17) is 0 Å². The van der Waals surface area contributed by atoms with Crippen LogP contribution >= 0.6 is 0 Å². The van der Waals surface area contributed by atoms with Crippen LogP contribution in [0.1, 0.15) is 0 Å².